The molecular weight excluding hydrogens is 348 g/mol. The summed E-state index contributed by atoms with van der Waals surface area (Å²) in [5, 5.41) is 0.603. The average molecular weight is 366 g/mol. The van der Waals surface area contributed by atoms with Crippen LogP contribution in [0, 0.1) is 5.41 Å². The van der Waals surface area contributed by atoms with Crippen molar-refractivity contribution in [1.29, 1.82) is 0 Å². The third-order valence-corrected chi connectivity index (χ3v) is 4.77. The Bertz CT molecular complexity index is 636. The summed E-state index contributed by atoms with van der Waals surface area (Å²) in [6.45, 7) is 0.895. The van der Waals surface area contributed by atoms with Crippen LogP contribution in [0.3, 0.4) is 0 Å². The van der Waals surface area contributed by atoms with Gasteiger partial charge >= 0.3 is 16.4 Å². The van der Waals surface area contributed by atoms with E-state index < -0.39 is 39.8 Å². The van der Waals surface area contributed by atoms with Crippen LogP contribution in [0.5, 0.6) is 0 Å². The highest BCUT2D eigenvalue weighted by Gasteiger charge is 2.63. The molecule has 12 nitrogen and oxygen atoms in total. The molecule has 0 aromatic carbocycles. The van der Waals surface area contributed by atoms with E-state index >= 15 is 0 Å². The van der Waals surface area contributed by atoms with Crippen LogP contribution in [0.4, 0.5) is 4.79 Å². The van der Waals surface area contributed by atoms with Gasteiger partial charge in [0.05, 0.1) is 25.9 Å². The summed E-state index contributed by atoms with van der Waals surface area (Å²) in [7, 11) is -4.87. The largest absolute Gasteiger partial charge is 0.418 e. The monoisotopic (exact) mass is 366 g/mol. The maximum absolute atomic E-state index is 12.4. The van der Waals surface area contributed by atoms with E-state index in [9.17, 15) is 18.0 Å². The fraction of sp³-hybridized carbons (Fsp3) is 0.818. The molecule has 3 rings (SSSR count). The van der Waals surface area contributed by atoms with Crippen molar-refractivity contribution in [3.05, 3.63) is 0 Å². The van der Waals surface area contributed by atoms with Crippen molar-refractivity contribution >= 4 is 22.3 Å². The molecule has 3 fully saturated rings. The number of nitrogens with one attached hydrogen (secondary N) is 1. The molecular formula is C11H18N4O8S. The molecule has 0 aromatic rings. The van der Waals surface area contributed by atoms with Crippen molar-refractivity contribution in [2.24, 2.45) is 11.1 Å². The highest BCUT2D eigenvalue weighted by atomic mass is 32.3. The zero-order chi connectivity index (χ0) is 17.5. The number of carbonyl (C=O) groups is 2. The molecule has 3 amide bonds. The number of nitrogens with zero attached hydrogens (tertiary/aromatic N) is 2. The molecule has 0 aromatic heterocycles. The molecule has 3 heterocycles. The number of hydrogen-bond acceptors (Lipinski definition) is 8. The number of carbonyl (C=O) groups excluding carboxylic acids is 2. The van der Waals surface area contributed by atoms with Gasteiger partial charge in [-0.05, 0) is 6.42 Å². The number of hydrogen-bond donors (Lipinski definition) is 3. The van der Waals surface area contributed by atoms with Crippen LogP contribution in [0.15, 0.2) is 0 Å². The van der Waals surface area contributed by atoms with Crippen molar-refractivity contribution in [2.45, 2.75) is 18.5 Å². The lowest BCUT2D eigenvalue weighted by Gasteiger charge is -2.50. The second kappa shape index (κ2) is 6.09. The predicted molar refractivity (Wildman–Crippen MR) is 75.2 cm³/mol. The summed E-state index contributed by atoms with van der Waals surface area (Å²) < 4.78 is 40.5. The van der Waals surface area contributed by atoms with Crippen LogP contribution in [0.1, 0.15) is 6.42 Å². The average Bonchev–Trinajstić information content (AvgIpc) is 2.72. The van der Waals surface area contributed by atoms with Crippen LogP contribution < -0.4 is 11.2 Å². The fourth-order valence-electron chi connectivity index (χ4n) is 3.28. The van der Waals surface area contributed by atoms with Gasteiger partial charge in [0.15, 0.2) is 0 Å². The number of rotatable bonds is 6. The summed E-state index contributed by atoms with van der Waals surface area (Å²) >= 11 is 0. The van der Waals surface area contributed by atoms with E-state index in [0.29, 0.717) is 5.06 Å². The molecule has 2 bridgehead atoms. The van der Waals surface area contributed by atoms with Gasteiger partial charge in [0, 0.05) is 18.5 Å². The smallest absolute Gasteiger partial charge is 0.380 e. The summed E-state index contributed by atoms with van der Waals surface area (Å²) in [5.74, 6) is -0.546. The lowest BCUT2D eigenvalue weighted by molar-refractivity contribution is -0.194. The Hall–Kier alpha value is -1.51. The molecule has 1 spiro atoms. The Morgan fingerprint density at radius 2 is 2.21 bits per heavy atom. The topological polar surface area (TPSA) is 161 Å². The first kappa shape index (κ1) is 17.3. The summed E-state index contributed by atoms with van der Waals surface area (Å²) in [6, 6.07) is -2.33. The maximum atomic E-state index is 12.4. The Kier molecular flexibility index (Phi) is 4.39. The second-order valence-electron chi connectivity index (χ2n) is 5.96. The first-order chi connectivity index (χ1) is 11.3. The normalized spacial score (nSPS) is 28.2. The number of fused-ring (bicyclic) bond motifs is 3. The number of nitrogens with two attached hydrogens (primary N) is 1. The Morgan fingerprint density at radius 3 is 2.75 bits per heavy atom. The minimum atomic E-state index is -4.87. The van der Waals surface area contributed by atoms with E-state index in [4.69, 9.17) is 19.9 Å². The van der Waals surface area contributed by atoms with Gasteiger partial charge in [-0.25, -0.2) is 10.3 Å². The Balaban J connectivity index is 1.81. The third kappa shape index (κ3) is 2.94. The van der Waals surface area contributed by atoms with E-state index in [-0.39, 0.29) is 39.3 Å². The molecule has 136 valence electrons. The van der Waals surface area contributed by atoms with E-state index in [0.717, 1.165) is 0 Å². The van der Waals surface area contributed by atoms with Crippen LogP contribution in [0.25, 0.3) is 0 Å². The fourth-order valence-corrected chi connectivity index (χ4v) is 3.65. The minimum Gasteiger partial charge on any atom is -0.380 e. The van der Waals surface area contributed by atoms with E-state index in [1.54, 1.807) is 0 Å². The standard InChI is InChI=1S/C11H18N4O8S/c12-1-2-22-13-9(16)7-3-11(5-21-6-11)8-4-14(7)10(17)15(8)23-24(18,19)20/h7-8H,1-6,12H2,(H,13,16)(H,18,19,20). The molecule has 3 saturated heterocycles. The first-order valence-corrected chi connectivity index (χ1v) is 8.60. The van der Waals surface area contributed by atoms with Crippen molar-refractivity contribution in [3.63, 3.8) is 0 Å². The summed E-state index contributed by atoms with van der Waals surface area (Å²) in [4.78, 5) is 30.8. The summed E-state index contributed by atoms with van der Waals surface area (Å²) in [5.41, 5.74) is 6.87. The van der Waals surface area contributed by atoms with Gasteiger partial charge in [0.1, 0.15) is 6.04 Å². The highest BCUT2D eigenvalue weighted by molar-refractivity contribution is 7.80. The molecule has 2 atom stereocenters. The number of hydroxylamine groups is 3. The molecule has 24 heavy (non-hydrogen) atoms. The second-order valence-corrected chi connectivity index (χ2v) is 6.96. The van der Waals surface area contributed by atoms with Crippen LogP contribution >= 0.6 is 0 Å². The van der Waals surface area contributed by atoms with Gasteiger partial charge in [-0.1, -0.05) is 0 Å². The molecule has 3 aliphatic heterocycles. The minimum absolute atomic E-state index is 0.0761. The van der Waals surface area contributed by atoms with Crippen molar-refractivity contribution in [1.82, 2.24) is 15.4 Å². The Labute approximate surface area is 137 Å². The van der Waals surface area contributed by atoms with Gasteiger partial charge in [0.25, 0.3) is 5.91 Å². The number of ether oxygens (including phenoxy) is 1. The zero-order valence-electron chi connectivity index (χ0n) is 12.6. The number of piperidine rings is 1. The predicted octanol–water partition coefficient (Wildman–Crippen LogP) is -2.38. The number of amides is 3. The highest BCUT2D eigenvalue weighted by Crippen LogP contribution is 2.47. The number of urea groups is 1. The Morgan fingerprint density at radius 1 is 1.50 bits per heavy atom. The van der Waals surface area contributed by atoms with Crippen molar-refractivity contribution < 1.29 is 36.4 Å². The molecule has 0 saturated carbocycles. The molecule has 0 radical (unpaired) electrons. The van der Waals surface area contributed by atoms with Gasteiger partial charge < -0.3 is 15.4 Å². The van der Waals surface area contributed by atoms with Crippen molar-refractivity contribution in [3.8, 4) is 0 Å². The molecule has 3 aliphatic rings. The molecule has 13 heteroatoms. The van der Waals surface area contributed by atoms with Gasteiger partial charge in [-0.3, -0.25) is 14.2 Å². The molecule has 2 unspecified atom stereocenters. The molecule has 4 N–H and O–H groups in total. The van der Waals surface area contributed by atoms with Gasteiger partial charge in [-0.15, -0.1) is 4.28 Å². The van der Waals surface area contributed by atoms with Crippen LogP contribution in [-0.4, -0.2) is 79.9 Å². The van der Waals surface area contributed by atoms with Gasteiger partial charge in [-0.2, -0.15) is 13.5 Å². The zero-order valence-corrected chi connectivity index (χ0v) is 13.4. The van der Waals surface area contributed by atoms with E-state index in [1.165, 1.54) is 4.90 Å². The quantitative estimate of drug-likeness (QED) is 0.265. The van der Waals surface area contributed by atoms with Gasteiger partial charge in [0.2, 0.25) is 0 Å². The maximum Gasteiger partial charge on any atom is 0.418 e. The summed E-state index contributed by atoms with van der Waals surface area (Å²) in [6.07, 6.45) is 0.257. The van der Waals surface area contributed by atoms with Crippen LogP contribution in [0.2, 0.25) is 0 Å². The van der Waals surface area contributed by atoms with E-state index in [1.807, 2.05) is 0 Å². The van der Waals surface area contributed by atoms with Crippen molar-refractivity contribution in [2.75, 3.05) is 32.9 Å². The molecule has 0 aliphatic carbocycles. The lowest BCUT2D eigenvalue weighted by Crippen LogP contribution is -2.63. The lowest BCUT2D eigenvalue weighted by atomic mass is 9.71. The van der Waals surface area contributed by atoms with E-state index in [2.05, 4.69) is 9.76 Å². The third-order valence-electron chi connectivity index (χ3n) is 4.42. The SMILES string of the molecule is NCCONC(=O)C1CC2(COC2)C2CN1C(=O)N2OS(=O)(=O)O. The first-order valence-electron chi connectivity index (χ1n) is 7.24. The van der Waals surface area contributed by atoms with Crippen LogP contribution in [-0.2, 0) is 29.1 Å².